The zero-order chi connectivity index (χ0) is 12.1. The second-order valence-corrected chi connectivity index (χ2v) is 4.07. The Morgan fingerprint density at radius 1 is 1.12 bits per heavy atom. The van der Waals surface area contributed by atoms with Crippen LogP contribution in [0.25, 0.3) is 0 Å². The molecule has 0 saturated heterocycles. The summed E-state index contributed by atoms with van der Waals surface area (Å²) in [6.07, 6.45) is 4.28. The standard InChI is InChI=1S/C14H18N2O/c1-15-9-13-7-8-16(11-13)10-12-3-5-14(17-2)6-4-12/h3-8,11,15H,9-10H2,1-2H3. The number of benzene rings is 1. The number of aromatic nitrogens is 1. The predicted molar refractivity (Wildman–Crippen MR) is 69.3 cm³/mol. The molecule has 2 rings (SSSR count). The van der Waals surface area contributed by atoms with Gasteiger partial charge in [-0.15, -0.1) is 0 Å². The largest absolute Gasteiger partial charge is 0.497 e. The maximum Gasteiger partial charge on any atom is 0.118 e. The van der Waals surface area contributed by atoms with Gasteiger partial charge in [-0.05, 0) is 36.4 Å². The quantitative estimate of drug-likeness (QED) is 0.852. The maximum atomic E-state index is 5.14. The van der Waals surface area contributed by atoms with E-state index < -0.39 is 0 Å². The summed E-state index contributed by atoms with van der Waals surface area (Å²) >= 11 is 0. The van der Waals surface area contributed by atoms with Crippen LogP contribution in [-0.2, 0) is 13.1 Å². The fraction of sp³-hybridized carbons (Fsp3) is 0.286. The normalized spacial score (nSPS) is 10.5. The third kappa shape index (κ3) is 3.11. The Morgan fingerprint density at radius 3 is 2.53 bits per heavy atom. The summed E-state index contributed by atoms with van der Waals surface area (Å²) in [5, 5.41) is 3.15. The molecule has 0 amide bonds. The first-order valence-corrected chi connectivity index (χ1v) is 5.74. The van der Waals surface area contributed by atoms with Crippen LogP contribution >= 0.6 is 0 Å². The summed E-state index contributed by atoms with van der Waals surface area (Å²) in [5.74, 6) is 0.900. The zero-order valence-corrected chi connectivity index (χ0v) is 10.3. The number of hydrogen-bond acceptors (Lipinski definition) is 2. The van der Waals surface area contributed by atoms with Gasteiger partial charge in [-0.1, -0.05) is 12.1 Å². The SMILES string of the molecule is CNCc1ccn(Cc2ccc(OC)cc2)c1. The number of nitrogens with zero attached hydrogens (tertiary/aromatic N) is 1. The van der Waals surface area contributed by atoms with Crippen molar-refractivity contribution in [1.82, 2.24) is 9.88 Å². The summed E-state index contributed by atoms with van der Waals surface area (Å²) in [6, 6.07) is 10.3. The van der Waals surface area contributed by atoms with Gasteiger partial charge in [-0.2, -0.15) is 0 Å². The first kappa shape index (κ1) is 11.7. The molecule has 0 fully saturated rings. The average Bonchev–Trinajstić information content (AvgIpc) is 2.78. The predicted octanol–water partition coefficient (Wildman–Crippen LogP) is 2.26. The van der Waals surface area contributed by atoms with Gasteiger partial charge in [0.25, 0.3) is 0 Å². The van der Waals surface area contributed by atoms with Crippen molar-refractivity contribution in [3.8, 4) is 5.75 Å². The van der Waals surface area contributed by atoms with E-state index in [-0.39, 0.29) is 0 Å². The van der Waals surface area contributed by atoms with E-state index in [0.717, 1.165) is 18.8 Å². The van der Waals surface area contributed by atoms with Crippen molar-refractivity contribution in [2.75, 3.05) is 14.2 Å². The van der Waals surface area contributed by atoms with Gasteiger partial charge in [0.05, 0.1) is 7.11 Å². The summed E-state index contributed by atoms with van der Waals surface area (Å²) in [6.45, 7) is 1.81. The molecule has 1 aromatic carbocycles. The van der Waals surface area contributed by atoms with Gasteiger partial charge in [0.2, 0.25) is 0 Å². The highest BCUT2D eigenvalue weighted by molar-refractivity contribution is 5.27. The third-order valence-corrected chi connectivity index (χ3v) is 2.72. The molecule has 1 heterocycles. The molecule has 0 radical (unpaired) electrons. The van der Waals surface area contributed by atoms with Crippen molar-refractivity contribution >= 4 is 0 Å². The molecule has 0 unspecified atom stereocenters. The van der Waals surface area contributed by atoms with Gasteiger partial charge >= 0.3 is 0 Å². The first-order valence-electron chi connectivity index (χ1n) is 5.74. The van der Waals surface area contributed by atoms with E-state index in [9.17, 15) is 0 Å². The Balaban J connectivity index is 2.03. The topological polar surface area (TPSA) is 26.2 Å². The Kier molecular flexibility index (Phi) is 3.83. The molecule has 90 valence electrons. The minimum atomic E-state index is 0.897. The minimum absolute atomic E-state index is 0.897. The Bertz CT molecular complexity index is 459. The van der Waals surface area contributed by atoms with Crippen molar-refractivity contribution < 1.29 is 4.74 Å². The monoisotopic (exact) mass is 230 g/mol. The first-order chi connectivity index (χ1) is 8.31. The highest BCUT2D eigenvalue weighted by Gasteiger charge is 1.98. The molecular weight excluding hydrogens is 212 g/mol. The van der Waals surface area contributed by atoms with Crippen LogP contribution < -0.4 is 10.1 Å². The fourth-order valence-corrected chi connectivity index (χ4v) is 1.84. The van der Waals surface area contributed by atoms with Crippen LogP contribution in [0.4, 0.5) is 0 Å². The summed E-state index contributed by atoms with van der Waals surface area (Å²) in [4.78, 5) is 0. The number of methoxy groups -OCH3 is 1. The summed E-state index contributed by atoms with van der Waals surface area (Å²) in [7, 11) is 3.64. The molecule has 17 heavy (non-hydrogen) atoms. The van der Waals surface area contributed by atoms with Crippen molar-refractivity contribution in [1.29, 1.82) is 0 Å². The van der Waals surface area contributed by atoms with Crippen LogP contribution in [0.15, 0.2) is 42.7 Å². The molecular formula is C14H18N2O. The molecule has 1 N–H and O–H groups in total. The van der Waals surface area contributed by atoms with Crippen LogP contribution in [0.1, 0.15) is 11.1 Å². The zero-order valence-electron chi connectivity index (χ0n) is 10.3. The van der Waals surface area contributed by atoms with Crippen molar-refractivity contribution in [3.63, 3.8) is 0 Å². The van der Waals surface area contributed by atoms with Gasteiger partial charge in [0.15, 0.2) is 0 Å². The van der Waals surface area contributed by atoms with Gasteiger partial charge in [-0.3, -0.25) is 0 Å². The Labute approximate surface area is 102 Å². The molecule has 1 aromatic heterocycles. The van der Waals surface area contributed by atoms with Crippen molar-refractivity contribution in [2.45, 2.75) is 13.1 Å². The maximum absolute atomic E-state index is 5.14. The lowest BCUT2D eigenvalue weighted by Gasteiger charge is -2.04. The van der Waals surface area contributed by atoms with E-state index in [0.29, 0.717) is 0 Å². The Morgan fingerprint density at radius 2 is 1.88 bits per heavy atom. The highest BCUT2D eigenvalue weighted by Crippen LogP contribution is 2.13. The van der Waals surface area contributed by atoms with E-state index in [1.165, 1.54) is 11.1 Å². The minimum Gasteiger partial charge on any atom is -0.497 e. The lowest BCUT2D eigenvalue weighted by molar-refractivity contribution is 0.414. The van der Waals surface area contributed by atoms with E-state index >= 15 is 0 Å². The molecule has 0 aliphatic carbocycles. The van der Waals surface area contributed by atoms with Crippen LogP contribution in [0.2, 0.25) is 0 Å². The lowest BCUT2D eigenvalue weighted by Crippen LogP contribution is -2.04. The molecule has 0 aliphatic rings. The molecule has 3 nitrogen and oxygen atoms in total. The summed E-state index contributed by atoms with van der Waals surface area (Å²) < 4.78 is 7.33. The van der Waals surface area contributed by atoms with Crippen LogP contribution in [0.5, 0.6) is 5.75 Å². The molecule has 3 heteroatoms. The lowest BCUT2D eigenvalue weighted by atomic mass is 10.2. The second kappa shape index (κ2) is 5.55. The molecule has 0 bridgehead atoms. The van der Waals surface area contributed by atoms with Crippen molar-refractivity contribution in [2.24, 2.45) is 0 Å². The highest BCUT2D eigenvalue weighted by atomic mass is 16.5. The molecule has 2 aromatic rings. The molecule has 0 aliphatic heterocycles. The number of rotatable bonds is 5. The second-order valence-electron chi connectivity index (χ2n) is 4.07. The van der Waals surface area contributed by atoms with E-state index in [4.69, 9.17) is 4.74 Å². The number of ether oxygens (including phenoxy) is 1. The Hall–Kier alpha value is -1.74. The van der Waals surface area contributed by atoms with Gasteiger partial charge in [0, 0.05) is 25.5 Å². The molecule has 0 saturated carbocycles. The number of nitrogens with one attached hydrogen (secondary N) is 1. The average molecular weight is 230 g/mol. The summed E-state index contributed by atoms with van der Waals surface area (Å²) in [5.41, 5.74) is 2.58. The van der Waals surface area contributed by atoms with Crippen LogP contribution in [0, 0.1) is 0 Å². The third-order valence-electron chi connectivity index (χ3n) is 2.72. The van der Waals surface area contributed by atoms with E-state index in [1.807, 2.05) is 19.2 Å². The van der Waals surface area contributed by atoms with Crippen LogP contribution in [0.3, 0.4) is 0 Å². The smallest absolute Gasteiger partial charge is 0.118 e. The van der Waals surface area contributed by atoms with Gasteiger partial charge in [-0.25, -0.2) is 0 Å². The van der Waals surface area contributed by atoms with Gasteiger partial charge < -0.3 is 14.6 Å². The van der Waals surface area contributed by atoms with Crippen molar-refractivity contribution in [3.05, 3.63) is 53.9 Å². The van der Waals surface area contributed by atoms with Crippen LogP contribution in [-0.4, -0.2) is 18.7 Å². The molecule has 0 atom stereocenters. The number of hydrogen-bond donors (Lipinski definition) is 1. The fourth-order valence-electron chi connectivity index (χ4n) is 1.84. The van der Waals surface area contributed by atoms with E-state index in [2.05, 4.69) is 40.5 Å². The van der Waals surface area contributed by atoms with Gasteiger partial charge in [0.1, 0.15) is 5.75 Å². The molecule has 0 spiro atoms. The van der Waals surface area contributed by atoms with E-state index in [1.54, 1.807) is 7.11 Å².